The molecule has 4 nitrogen and oxygen atoms in total. The third kappa shape index (κ3) is 3.07. The molecule has 0 fully saturated rings. The van der Waals surface area contributed by atoms with Crippen molar-refractivity contribution >= 4 is 17.2 Å². The summed E-state index contributed by atoms with van der Waals surface area (Å²) in [6.07, 6.45) is 0. The molecule has 2 N–H and O–H groups in total. The first-order chi connectivity index (χ1) is 12.2. The van der Waals surface area contributed by atoms with Crippen LogP contribution in [0.2, 0.25) is 0 Å². The van der Waals surface area contributed by atoms with Crippen LogP contribution in [0.15, 0.2) is 84.0 Å². The molecule has 3 aromatic rings. The maximum Gasteiger partial charge on any atom is 0.277 e. The van der Waals surface area contributed by atoms with Crippen molar-refractivity contribution in [2.45, 2.75) is 0 Å². The number of nitrogens with zero attached hydrogens (tertiary/aromatic N) is 3. The zero-order valence-electron chi connectivity index (χ0n) is 13.2. The molecule has 1 heterocycles. The predicted molar refractivity (Wildman–Crippen MR) is 92.7 cm³/mol. The molecule has 0 saturated heterocycles. The zero-order chi connectivity index (χ0) is 17.2. The second kappa shape index (κ2) is 6.33. The van der Waals surface area contributed by atoms with Crippen LogP contribution in [0.25, 0.3) is 0 Å². The molecule has 0 spiro atoms. The molecule has 0 atom stereocenters. The van der Waals surface area contributed by atoms with Gasteiger partial charge >= 0.3 is 0 Å². The fourth-order valence-electron chi connectivity index (χ4n) is 2.67. The Labute approximate surface area is 143 Å². The molecular formula is C19H15F2N4+. The van der Waals surface area contributed by atoms with Crippen LogP contribution in [0.5, 0.6) is 0 Å². The van der Waals surface area contributed by atoms with E-state index >= 15 is 0 Å². The van der Waals surface area contributed by atoms with Crippen molar-refractivity contribution in [3.63, 3.8) is 0 Å². The van der Waals surface area contributed by atoms with E-state index in [-0.39, 0.29) is 11.6 Å². The van der Waals surface area contributed by atoms with E-state index in [4.69, 9.17) is 0 Å². The minimum atomic E-state index is -0.361. The van der Waals surface area contributed by atoms with Crippen LogP contribution in [0.4, 0.5) is 20.2 Å². The van der Waals surface area contributed by atoms with Gasteiger partial charge in [0, 0.05) is 12.1 Å². The molecule has 0 bridgehead atoms. The summed E-state index contributed by atoms with van der Waals surface area (Å²) in [6, 6.07) is 22.0. The van der Waals surface area contributed by atoms with Crippen LogP contribution in [0, 0.1) is 11.6 Å². The Balaban J connectivity index is 1.78. The molecule has 0 amide bonds. The van der Waals surface area contributed by atoms with E-state index < -0.39 is 0 Å². The summed E-state index contributed by atoms with van der Waals surface area (Å²) in [5.74, 6) is -0.00701. The van der Waals surface area contributed by atoms with Crippen molar-refractivity contribution in [2.24, 2.45) is 5.10 Å². The predicted octanol–water partition coefficient (Wildman–Crippen LogP) is 3.05. The van der Waals surface area contributed by atoms with Gasteiger partial charge < -0.3 is 0 Å². The quantitative estimate of drug-likeness (QED) is 0.746. The van der Waals surface area contributed by atoms with Gasteiger partial charge in [-0.15, -0.1) is 10.2 Å². The van der Waals surface area contributed by atoms with Gasteiger partial charge in [0.15, 0.2) is 0 Å². The molecule has 4 rings (SSSR count). The molecule has 6 heteroatoms. The topological polar surface area (TPSA) is 35.5 Å². The Bertz CT molecular complexity index is 927. The Morgan fingerprint density at radius 3 is 2.04 bits per heavy atom. The van der Waals surface area contributed by atoms with Crippen LogP contribution in [0.1, 0.15) is 5.56 Å². The molecule has 1 aliphatic heterocycles. The van der Waals surface area contributed by atoms with Crippen LogP contribution in [-0.4, -0.2) is 5.84 Å². The molecule has 1 aliphatic rings. The monoisotopic (exact) mass is 337 g/mol. The van der Waals surface area contributed by atoms with E-state index in [1.807, 2.05) is 30.3 Å². The van der Waals surface area contributed by atoms with E-state index in [0.29, 0.717) is 17.2 Å². The standard InChI is InChI=1S/C19H14F2N4/c20-15-8-4-10-17(12-15)24-22-19(14-6-2-1-3-7-14)23-25(24)18-11-5-9-16(21)13-18/h1-13H,(H,22,23)/p+1. The van der Waals surface area contributed by atoms with Crippen LogP contribution in [0.3, 0.4) is 0 Å². The van der Waals surface area contributed by atoms with Gasteiger partial charge in [-0.1, -0.05) is 35.4 Å². The minimum absolute atomic E-state index is 0.349. The third-order valence-electron chi connectivity index (χ3n) is 3.83. The number of quaternary nitrogens is 1. The summed E-state index contributed by atoms with van der Waals surface area (Å²) in [5, 5.41) is 7.84. The second-order valence-corrected chi connectivity index (χ2v) is 5.57. The molecule has 25 heavy (non-hydrogen) atoms. The molecule has 0 radical (unpaired) electrons. The first-order valence-corrected chi connectivity index (χ1v) is 7.80. The van der Waals surface area contributed by atoms with E-state index in [1.54, 1.807) is 39.9 Å². The second-order valence-electron chi connectivity index (χ2n) is 5.57. The lowest BCUT2D eigenvalue weighted by molar-refractivity contribution is -0.545. The van der Waals surface area contributed by atoms with Gasteiger partial charge in [0.1, 0.15) is 17.3 Å². The normalized spacial score (nSPS) is 13.9. The number of hydrogen-bond acceptors (Lipinski definition) is 3. The maximum absolute atomic E-state index is 13.7. The fourth-order valence-corrected chi connectivity index (χ4v) is 2.67. The number of nitrogens with two attached hydrogens (primary N) is 1. The Kier molecular flexibility index (Phi) is 3.87. The average Bonchev–Trinajstić information content (AvgIpc) is 3.08. The molecule has 3 aromatic carbocycles. The van der Waals surface area contributed by atoms with Gasteiger partial charge in [0.05, 0.1) is 11.3 Å². The van der Waals surface area contributed by atoms with E-state index in [9.17, 15) is 8.78 Å². The Morgan fingerprint density at radius 1 is 0.720 bits per heavy atom. The van der Waals surface area contributed by atoms with Gasteiger partial charge in [-0.2, -0.15) is 5.43 Å². The third-order valence-corrected chi connectivity index (χ3v) is 3.83. The van der Waals surface area contributed by atoms with Crippen molar-refractivity contribution in [3.05, 3.63) is 96.1 Å². The van der Waals surface area contributed by atoms with E-state index in [1.165, 1.54) is 24.3 Å². The van der Waals surface area contributed by atoms with Crippen molar-refractivity contribution in [2.75, 3.05) is 10.2 Å². The summed E-state index contributed by atoms with van der Waals surface area (Å²) >= 11 is 0. The summed E-state index contributed by atoms with van der Waals surface area (Å²) in [5.41, 5.74) is 3.86. The number of hydrazine groups is 1. The highest BCUT2D eigenvalue weighted by molar-refractivity contribution is 5.93. The van der Waals surface area contributed by atoms with E-state index in [0.717, 1.165) is 5.56 Å². The van der Waals surface area contributed by atoms with Crippen molar-refractivity contribution in [1.29, 1.82) is 0 Å². The van der Waals surface area contributed by atoms with Gasteiger partial charge in [-0.05, 0) is 36.4 Å². The minimum Gasteiger partial charge on any atom is -0.207 e. The van der Waals surface area contributed by atoms with Gasteiger partial charge in [0.2, 0.25) is 0 Å². The number of benzene rings is 3. The molecule has 0 unspecified atom stereocenters. The number of amidine groups is 1. The van der Waals surface area contributed by atoms with Gasteiger partial charge in [0.25, 0.3) is 5.84 Å². The number of halogens is 2. The summed E-state index contributed by atoms with van der Waals surface area (Å²) in [7, 11) is 0. The lowest BCUT2D eigenvalue weighted by Gasteiger charge is -2.23. The Morgan fingerprint density at radius 2 is 1.36 bits per heavy atom. The lowest BCUT2D eigenvalue weighted by atomic mass is 10.2. The summed E-state index contributed by atoms with van der Waals surface area (Å²) < 4.78 is 27.3. The number of anilines is 2. The first-order valence-electron chi connectivity index (χ1n) is 7.80. The van der Waals surface area contributed by atoms with Gasteiger partial charge in [-0.3, -0.25) is 0 Å². The number of hydrogen-bond donors (Lipinski definition) is 1. The largest absolute Gasteiger partial charge is 0.277 e. The smallest absolute Gasteiger partial charge is 0.207 e. The lowest BCUT2D eigenvalue weighted by Crippen LogP contribution is -2.96. The summed E-state index contributed by atoms with van der Waals surface area (Å²) in [4.78, 5) is 0. The number of rotatable bonds is 3. The van der Waals surface area contributed by atoms with Crippen LogP contribution >= 0.6 is 0 Å². The molecule has 0 saturated carbocycles. The van der Waals surface area contributed by atoms with Crippen LogP contribution < -0.4 is 15.7 Å². The molecule has 0 aliphatic carbocycles. The van der Waals surface area contributed by atoms with Gasteiger partial charge in [-0.25, -0.2) is 8.78 Å². The van der Waals surface area contributed by atoms with E-state index in [2.05, 4.69) is 5.10 Å². The summed E-state index contributed by atoms with van der Waals surface area (Å²) in [6.45, 7) is 0. The maximum atomic E-state index is 13.7. The SMILES string of the molecule is Fc1cccc(N2N=C(c3ccccc3)[NH2+]N2c2cccc(F)c2)c1. The fraction of sp³-hybridized carbons (Fsp3) is 0. The first kappa shape index (κ1) is 15.3. The molecule has 124 valence electrons. The zero-order valence-corrected chi connectivity index (χ0v) is 13.2. The highest BCUT2D eigenvalue weighted by Crippen LogP contribution is 2.24. The van der Waals surface area contributed by atoms with Crippen molar-refractivity contribution < 1.29 is 14.2 Å². The highest BCUT2D eigenvalue weighted by atomic mass is 19.1. The van der Waals surface area contributed by atoms with Crippen LogP contribution in [-0.2, 0) is 0 Å². The van der Waals surface area contributed by atoms with Crippen molar-refractivity contribution in [3.8, 4) is 0 Å². The average molecular weight is 337 g/mol. The van der Waals surface area contributed by atoms with Crippen molar-refractivity contribution in [1.82, 2.24) is 0 Å². The number of hydrazone groups is 1. The Hall–Kier alpha value is -3.25. The molecular weight excluding hydrogens is 322 g/mol. The highest BCUT2D eigenvalue weighted by Gasteiger charge is 2.31. The molecule has 0 aromatic heterocycles.